The number of carbonyl (C=O) groups excluding carboxylic acids is 4. The Bertz CT molecular complexity index is 936. The molecule has 0 aliphatic heterocycles. The zero-order chi connectivity index (χ0) is 41.9. The van der Waals surface area contributed by atoms with Gasteiger partial charge in [-0.15, -0.1) is 0 Å². The van der Waals surface area contributed by atoms with Crippen molar-refractivity contribution >= 4 is 23.8 Å². The summed E-state index contributed by atoms with van der Waals surface area (Å²) in [6, 6.07) is -1.35. The van der Waals surface area contributed by atoms with Crippen molar-refractivity contribution in [3.05, 3.63) is 0 Å². The fourth-order valence-electron chi connectivity index (χ4n) is 7.12. The molecular formula is C47H92N4O6. The molecule has 336 valence electrons. The van der Waals surface area contributed by atoms with Crippen LogP contribution in [0.4, 0.5) is 0 Å². The highest BCUT2D eigenvalue weighted by Crippen LogP contribution is 2.14. The standard InChI is InChI=1S/C47H92N4O6/c1-3-5-7-9-11-13-15-17-19-21-26-32-40-56-45(53)37-36-43(47(55)57-41-33-27-22-20-18-16-14-12-10-8-6-4-2)51-44(52)35-28-24-23-25-31-39-50-46(54)42(49)34-29-30-38-48/h42-43H,3-41,48-49H2,1-2H3,(H,50,54)(H,51,52). The lowest BCUT2D eigenvalue weighted by Crippen LogP contribution is -2.42. The molecule has 2 atom stereocenters. The number of unbranched alkanes of at least 4 members (excludes halogenated alkanes) is 27. The highest BCUT2D eigenvalue weighted by atomic mass is 16.5. The van der Waals surface area contributed by atoms with Gasteiger partial charge in [-0.25, -0.2) is 4.79 Å². The van der Waals surface area contributed by atoms with Crippen LogP contribution in [-0.4, -0.2) is 62.1 Å². The monoisotopic (exact) mass is 809 g/mol. The molecule has 0 saturated heterocycles. The molecule has 0 fully saturated rings. The van der Waals surface area contributed by atoms with Gasteiger partial charge >= 0.3 is 11.9 Å². The van der Waals surface area contributed by atoms with Gasteiger partial charge in [0.1, 0.15) is 6.04 Å². The molecule has 0 aromatic carbocycles. The van der Waals surface area contributed by atoms with Crippen LogP contribution in [0.15, 0.2) is 0 Å². The second-order valence-electron chi connectivity index (χ2n) is 16.5. The molecule has 2 unspecified atom stereocenters. The topological polar surface area (TPSA) is 163 Å². The average Bonchev–Trinajstić information content (AvgIpc) is 3.20. The van der Waals surface area contributed by atoms with Crippen LogP contribution >= 0.6 is 0 Å². The second kappa shape index (κ2) is 43.4. The third kappa shape index (κ3) is 39.1. The molecule has 10 nitrogen and oxygen atoms in total. The molecule has 0 aliphatic carbocycles. The minimum Gasteiger partial charge on any atom is -0.466 e. The van der Waals surface area contributed by atoms with Gasteiger partial charge in [0, 0.05) is 19.4 Å². The Morgan fingerprint density at radius 1 is 0.491 bits per heavy atom. The first-order valence-corrected chi connectivity index (χ1v) is 24.2. The predicted octanol–water partition coefficient (Wildman–Crippen LogP) is 10.7. The van der Waals surface area contributed by atoms with Gasteiger partial charge in [-0.2, -0.15) is 0 Å². The number of rotatable bonds is 44. The van der Waals surface area contributed by atoms with Crippen molar-refractivity contribution < 1.29 is 28.7 Å². The van der Waals surface area contributed by atoms with E-state index in [-0.39, 0.29) is 30.6 Å². The average molecular weight is 809 g/mol. The zero-order valence-corrected chi connectivity index (χ0v) is 37.3. The number of amides is 2. The van der Waals surface area contributed by atoms with E-state index in [0.717, 1.165) is 77.0 Å². The van der Waals surface area contributed by atoms with Crippen LogP contribution in [0.3, 0.4) is 0 Å². The molecule has 0 radical (unpaired) electrons. The summed E-state index contributed by atoms with van der Waals surface area (Å²) in [5.74, 6) is -1.13. The maximum absolute atomic E-state index is 13.1. The van der Waals surface area contributed by atoms with Crippen LogP contribution in [0.2, 0.25) is 0 Å². The lowest BCUT2D eigenvalue weighted by Gasteiger charge is -2.18. The normalized spacial score (nSPS) is 12.3. The minimum atomic E-state index is -0.862. The summed E-state index contributed by atoms with van der Waals surface area (Å²) in [6.45, 7) is 6.43. The highest BCUT2D eigenvalue weighted by Gasteiger charge is 2.23. The molecule has 0 rings (SSSR count). The van der Waals surface area contributed by atoms with Crippen molar-refractivity contribution in [2.75, 3.05) is 26.3 Å². The maximum Gasteiger partial charge on any atom is 0.328 e. The molecule has 2 amide bonds. The van der Waals surface area contributed by atoms with E-state index in [1.54, 1.807) is 0 Å². The second-order valence-corrected chi connectivity index (χ2v) is 16.5. The summed E-state index contributed by atoms with van der Waals surface area (Å²) >= 11 is 0. The molecule has 0 spiro atoms. The van der Waals surface area contributed by atoms with E-state index in [1.807, 2.05) is 0 Å². The molecule has 57 heavy (non-hydrogen) atoms. The minimum absolute atomic E-state index is 0.0616. The lowest BCUT2D eigenvalue weighted by atomic mass is 10.1. The Hall–Kier alpha value is -2.20. The third-order valence-corrected chi connectivity index (χ3v) is 10.9. The van der Waals surface area contributed by atoms with Crippen molar-refractivity contribution in [2.24, 2.45) is 11.5 Å². The number of carbonyl (C=O) groups is 4. The van der Waals surface area contributed by atoms with Crippen molar-refractivity contribution in [2.45, 2.75) is 251 Å². The third-order valence-electron chi connectivity index (χ3n) is 10.9. The molecule has 0 saturated carbocycles. The van der Waals surface area contributed by atoms with Crippen molar-refractivity contribution in [1.29, 1.82) is 0 Å². The Morgan fingerprint density at radius 2 is 0.930 bits per heavy atom. The van der Waals surface area contributed by atoms with Gasteiger partial charge in [-0.1, -0.05) is 181 Å². The number of ether oxygens (including phenoxy) is 2. The van der Waals surface area contributed by atoms with Gasteiger partial charge in [-0.3, -0.25) is 14.4 Å². The van der Waals surface area contributed by atoms with E-state index < -0.39 is 18.1 Å². The Labute approximate surface area is 350 Å². The van der Waals surface area contributed by atoms with Gasteiger partial charge in [-0.05, 0) is 51.5 Å². The summed E-state index contributed by atoms with van der Waals surface area (Å²) in [5, 5.41) is 5.76. The molecular weight excluding hydrogens is 717 g/mol. The SMILES string of the molecule is CCCCCCCCCCCCCCOC(=O)CCC(NC(=O)CCCCCCCNC(=O)C(N)CCCCN)C(=O)OCCCCCCCCCCCCCC. The molecule has 6 N–H and O–H groups in total. The smallest absolute Gasteiger partial charge is 0.328 e. The molecule has 0 aromatic heterocycles. The maximum atomic E-state index is 13.1. The molecule has 0 bridgehead atoms. The fourth-order valence-corrected chi connectivity index (χ4v) is 7.12. The number of esters is 2. The number of nitrogens with one attached hydrogen (secondary N) is 2. The predicted molar refractivity (Wildman–Crippen MR) is 237 cm³/mol. The van der Waals surface area contributed by atoms with Crippen LogP contribution in [0.5, 0.6) is 0 Å². The van der Waals surface area contributed by atoms with E-state index in [0.29, 0.717) is 45.6 Å². The molecule has 10 heteroatoms. The van der Waals surface area contributed by atoms with Crippen molar-refractivity contribution in [3.8, 4) is 0 Å². The lowest BCUT2D eigenvalue weighted by molar-refractivity contribution is -0.149. The van der Waals surface area contributed by atoms with Gasteiger partial charge in [0.2, 0.25) is 11.8 Å². The number of hydrogen-bond acceptors (Lipinski definition) is 8. The van der Waals surface area contributed by atoms with E-state index in [1.165, 1.54) is 116 Å². The van der Waals surface area contributed by atoms with E-state index in [9.17, 15) is 19.2 Å². The van der Waals surface area contributed by atoms with Crippen LogP contribution < -0.4 is 22.1 Å². The summed E-state index contributed by atoms with van der Waals surface area (Å²) < 4.78 is 11.1. The van der Waals surface area contributed by atoms with E-state index >= 15 is 0 Å². The largest absolute Gasteiger partial charge is 0.466 e. The first-order chi connectivity index (χ1) is 27.8. The Morgan fingerprint density at radius 3 is 1.42 bits per heavy atom. The summed E-state index contributed by atoms with van der Waals surface area (Å²) in [7, 11) is 0. The molecule has 0 aliphatic rings. The summed E-state index contributed by atoms with van der Waals surface area (Å²) in [6.07, 6.45) is 37.0. The van der Waals surface area contributed by atoms with Gasteiger partial charge in [0.25, 0.3) is 0 Å². The van der Waals surface area contributed by atoms with E-state index in [2.05, 4.69) is 24.5 Å². The number of nitrogens with two attached hydrogens (primary N) is 2. The Balaban J connectivity index is 4.43. The highest BCUT2D eigenvalue weighted by molar-refractivity contribution is 5.85. The molecule has 0 aromatic rings. The van der Waals surface area contributed by atoms with Crippen LogP contribution in [0.25, 0.3) is 0 Å². The van der Waals surface area contributed by atoms with Crippen molar-refractivity contribution in [1.82, 2.24) is 10.6 Å². The summed E-state index contributed by atoms with van der Waals surface area (Å²) in [5.41, 5.74) is 11.4. The van der Waals surface area contributed by atoms with Gasteiger partial charge < -0.3 is 31.6 Å². The first-order valence-electron chi connectivity index (χ1n) is 24.2. The quantitative estimate of drug-likeness (QED) is 0.0349. The van der Waals surface area contributed by atoms with E-state index in [4.69, 9.17) is 20.9 Å². The number of hydrogen-bond donors (Lipinski definition) is 4. The van der Waals surface area contributed by atoms with Crippen LogP contribution in [0, 0.1) is 0 Å². The van der Waals surface area contributed by atoms with Crippen LogP contribution in [-0.2, 0) is 28.7 Å². The molecule has 0 heterocycles. The zero-order valence-electron chi connectivity index (χ0n) is 37.3. The van der Waals surface area contributed by atoms with Crippen molar-refractivity contribution in [3.63, 3.8) is 0 Å². The fraction of sp³-hybridized carbons (Fsp3) is 0.915. The Kier molecular flexibility index (Phi) is 41.7. The van der Waals surface area contributed by atoms with Gasteiger partial charge in [0.15, 0.2) is 0 Å². The van der Waals surface area contributed by atoms with Gasteiger partial charge in [0.05, 0.1) is 19.3 Å². The van der Waals surface area contributed by atoms with Crippen LogP contribution in [0.1, 0.15) is 239 Å². The first kappa shape index (κ1) is 54.8. The summed E-state index contributed by atoms with van der Waals surface area (Å²) in [4.78, 5) is 50.6.